The Kier molecular flexibility index (Phi) is 5.40. The molecular formula is C14H24N4O2. The number of aliphatic hydroxyl groups excluding tert-OH is 1. The Labute approximate surface area is 120 Å². The van der Waals surface area contributed by atoms with Gasteiger partial charge in [-0.25, -0.2) is 9.97 Å². The van der Waals surface area contributed by atoms with Crippen LogP contribution in [0.2, 0.25) is 0 Å². The monoisotopic (exact) mass is 280 g/mol. The quantitative estimate of drug-likeness (QED) is 0.791. The van der Waals surface area contributed by atoms with Crippen molar-refractivity contribution in [2.75, 3.05) is 37.0 Å². The highest BCUT2D eigenvalue weighted by atomic mass is 16.5. The third-order valence-electron chi connectivity index (χ3n) is 3.68. The first-order valence-corrected chi connectivity index (χ1v) is 7.32. The minimum Gasteiger partial charge on any atom is -0.490 e. The second kappa shape index (κ2) is 7.28. The van der Waals surface area contributed by atoms with E-state index >= 15 is 0 Å². The SMILES string of the molecule is CCNc1ncnc(N2CCCC2CCCO)c1OC. The number of nitrogens with zero attached hydrogens (tertiary/aromatic N) is 3. The molecule has 0 aliphatic carbocycles. The van der Waals surface area contributed by atoms with Crippen LogP contribution in [0.1, 0.15) is 32.6 Å². The average Bonchev–Trinajstić information content (AvgIpc) is 2.93. The van der Waals surface area contributed by atoms with Crippen molar-refractivity contribution < 1.29 is 9.84 Å². The summed E-state index contributed by atoms with van der Waals surface area (Å²) in [4.78, 5) is 11.0. The Balaban J connectivity index is 2.24. The number of nitrogens with one attached hydrogen (secondary N) is 1. The smallest absolute Gasteiger partial charge is 0.204 e. The lowest BCUT2D eigenvalue weighted by atomic mass is 10.1. The zero-order valence-electron chi connectivity index (χ0n) is 12.3. The lowest BCUT2D eigenvalue weighted by Gasteiger charge is -2.27. The molecule has 2 N–H and O–H groups in total. The molecule has 1 aliphatic rings. The van der Waals surface area contributed by atoms with E-state index < -0.39 is 0 Å². The number of anilines is 2. The van der Waals surface area contributed by atoms with Gasteiger partial charge in [-0.15, -0.1) is 0 Å². The van der Waals surface area contributed by atoms with Crippen LogP contribution in [-0.2, 0) is 0 Å². The Morgan fingerprint density at radius 3 is 3.05 bits per heavy atom. The molecule has 1 fully saturated rings. The predicted octanol–water partition coefficient (Wildman–Crippen LogP) is 1.66. The molecule has 1 saturated heterocycles. The first kappa shape index (κ1) is 14.8. The number of aromatic nitrogens is 2. The van der Waals surface area contributed by atoms with E-state index in [1.165, 1.54) is 0 Å². The third kappa shape index (κ3) is 3.12. The van der Waals surface area contributed by atoms with E-state index in [4.69, 9.17) is 9.84 Å². The molecule has 2 rings (SSSR count). The summed E-state index contributed by atoms with van der Waals surface area (Å²) in [7, 11) is 1.65. The fourth-order valence-electron chi connectivity index (χ4n) is 2.79. The highest BCUT2D eigenvalue weighted by Crippen LogP contribution is 2.36. The van der Waals surface area contributed by atoms with Crippen molar-refractivity contribution in [2.45, 2.75) is 38.6 Å². The molecule has 0 bridgehead atoms. The molecule has 0 aromatic carbocycles. The van der Waals surface area contributed by atoms with E-state index in [1.54, 1.807) is 13.4 Å². The molecule has 112 valence electrons. The van der Waals surface area contributed by atoms with E-state index in [0.717, 1.165) is 50.4 Å². The summed E-state index contributed by atoms with van der Waals surface area (Å²) in [5.74, 6) is 2.32. The van der Waals surface area contributed by atoms with Crippen LogP contribution in [0.4, 0.5) is 11.6 Å². The summed E-state index contributed by atoms with van der Waals surface area (Å²) in [5.41, 5.74) is 0. The molecule has 0 radical (unpaired) electrons. The molecular weight excluding hydrogens is 256 g/mol. The minimum atomic E-state index is 0.244. The summed E-state index contributed by atoms with van der Waals surface area (Å²) in [6.45, 7) is 4.05. The molecule has 0 saturated carbocycles. The summed E-state index contributed by atoms with van der Waals surface area (Å²) in [6.07, 6.45) is 5.69. The standard InChI is InChI=1S/C14H24N4O2/c1-3-15-13-12(20-2)14(17-10-16-13)18-8-4-6-11(18)7-5-9-19/h10-11,19H,3-9H2,1-2H3,(H,15,16,17). The van der Waals surface area contributed by atoms with E-state index in [-0.39, 0.29) is 6.61 Å². The zero-order valence-corrected chi connectivity index (χ0v) is 12.3. The van der Waals surface area contributed by atoms with Crippen molar-refractivity contribution in [3.63, 3.8) is 0 Å². The number of rotatable bonds is 7. The van der Waals surface area contributed by atoms with Crippen molar-refractivity contribution >= 4 is 11.6 Å². The molecule has 1 aliphatic heterocycles. The second-order valence-corrected chi connectivity index (χ2v) is 4.96. The van der Waals surface area contributed by atoms with Gasteiger partial charge < -0.3 is 20.1 Å². The molecule has 20 heavy (non-hydrogen) atoms. The summed E-state index contributed by atoms with van der Waals surface area (Å²) < 4.78 is 5.52. The van der Waals surface area contributed by atoms with E-state index in [2.05, 4.69) is 20.2 Å². The molecule has 1 aromatic heterocycles. The molecule has 0 amide bonds. The topological polar surface area (TPSA) is 70.5 Å². The summed E-state index contributed by atoms with van der Waals surface area (Å²) >= 11 is 0. The fraction of sp³-hybridized carbons (Fsp3) is 0.714. The van der Waals surface area contributed by atoms with Gasteiger partial charge in [0.1, 0.15) is 6.33 Å². The maximum absolute atomic E-state index is 9.02. The lowest BCUT2D eigenvalue weighted by molar-refractivity contribution is 0.279. The first-order chi connectivity index (χ1) is 9.81. The molecule has 6 heteroatoms. The van der Waals surface area contributed by atoms with Gasteiger partial charge in [-0.3, -0.25) is 0 Å². The van der Waals surface area contributed by atoms with Crippen LogP contribution in [0, 0.1) is 0 Å². The highest BCUT2D eigenvalue weighted by Gasteiger charge is 2.28. The van der Waals surface area contributed by atoms with Gasteiger partial charge in [0.2, 0.25) is 5.75 Å². The largest absolute Gasteiger partial charge is 0.490 e. The van der Waals surface area contributed by atoms with Gasteiger partial charge in [0.05, 0.1) is 7.11 Å². The molecule has 1 atom stereocenters. The summed E-state index contributed by atoms with van der Waals surface area (Å²) in [6, 6.07) is 0.431. The Morgan fingerprint density at radius 1 is 1.50 bits per heavy atom. The molecule has 0 spiro atoms. The van der Waals surface area contributed by atoms with Crippen LogP contribution >= 0.6 is 0 Å². The van der Waals surface area contributed by atoms with Crippen LogP contribution in [0.15, 0.2) is 6.33 Å². The van der Waals surface area contributed by atoms with Gasteiger partial charge in [0.25, 0.3) is 0 Å². The average molecular weight is 280 g/mol. The summed E-state index contributed by atoms with van der Waals surface area (Å²) in [5, 5.41) is 12.2. The van der Waals surface area contributed by atoms with Gasteiger partial charge >= 0.3 is 0 Å². The Morgan fingerprint density at radius 2 is 2.35 bits per heavy atom. The van der Waals surface area contributed by atoms with Crippen LogP contribution in [0.5, 0.6) is 5.75 Å². The van der Waals surface area contributed by atoms with Crippen LogP contribution in [0.25, 0.3) is 0 Å². The van der Waals surface area contributed by atoms with Crippen LogP contribution < -0.4 is 15.0 Å². The fourth-order valence-corrected chi connectivity index (χ4v) is 2.79. The number of ether oxygens (including phenoxy) is 1. The number of aliphatic hydroxyl groups is 1. The highest BCUT2D eigenvalue weighted by molar-refractivity contribution is 5.65. The van der Waals surface area contributed by atoms with E-state index in [9.17, 15) is 0 Å². The maximum atomic E-state index is 9.02. The van der Waals surface area contributed by atoms with Gasteiger partial charge in [0, 0.05) is 25.7 Å². The van der Waals surface area contributed by atoms with Crippen LogP contribution in [0.3, 0.4) is 0 Å². The van der Waals surface area contributed by atoms with E-state index in [1.807, 2.05) is 6.92 Å². The van der Waals surface area contributed by atoms with Crippen molar-refractivity contribution in [3.05, 3.63) is 6.33 Å². The van der Waals surface area contributed by atoms with E-state index in [0.29, 0.717) is 11.8 Å². The van der Waals surface area contributed by atoms with Gasteiger partial charge in [-0.05, 0) is 32.6 Å². The zero-order chi connectivity index (χ0) is 14.4. The Hall–Kier alpha value is -1.56. The number of hydrogen-bond acceptors (Lipinski definition) is 6. The van der Waals surface area contributed by atoms with Crippen molar-refractivity contribution in [2.24, 2.45) is 0 Å². The molecule has 2 heterocycles. The van der Waals surface area contributed by atoms with Crippen molar-refractivity contribution in [1.29, 1.82) is 0 Å². The third-order valence-corrected chi connectivity index (χ3v) is 3.68. The minimum absolute atomic E-state index is 0.244. The predicted molar refractivity (Wildman–Crippen MR) is 79.4 cm³/mol. The number of methoxy groups -OCH3 is 1. The maximum Gasteiger partial charge on any atom is 0.204 e. The van der Waals surface area contributed by atoms with Crippen molar-refractivity contribution in [3.8, 4) is 5.75 Å². The van der Waals surface area contributed by atoms with Gasteiger partial charge in [-0.1, -0.05) is 0 Å². The Bertz CT molecular complexity index is 428. The van der Waals surface area contributed by atoms with Crippen molar-refractivity contribution in [1.82, 2.24) is 9.97 Å². The molecule has 6 nitrogen and oxygen atoms in total. The van der Waals surface area contributed by atoms with Gasteiger partial charge in [0.15, 0.2) is 11.6 Å². The lowest BCUT2D eigenvalue weighted by Crippen LogP contribution is -2.30. The molecule has 1 unspecified atom stereocenters. The van der Waals surface area contributed by atoms with Crippen LogP contribution in [-0.4, -0.2) is 47.9 Å². The van der Waals surface area contributed by atoms with Gasteiger partial charge in [-0.2, -0.15) is 0 Å². The number of hydrogen-bond donors (Lipinski definition) is 2. The molecule has 1 aromatic rings. The normalized spacial score (nSPS) is 18.4. The second-order valence-electron chi connectivity index (χ2n) is 4.96. The first-order valence-electron chi connectivity index (χ1n) is 7.32.